The molecule has 0 fully saturated rings. The van der Waals surface area contributed by atoms with Gasteiger partial charge in [-0.3, -0.25) is 0 Å². The number of benzene rings is 1. The first-order chi connectivity index (χ1) is 8.88. The first-order valence-corrected chi connectivity index (χ1v) is 7.02. The molecule has 0 atom stereocenters. The maximum atomic E-state index is 13.1. The molecule has 0 saturated carbocycles. The van der Waals surface area contributed by atoms with Crippen LogP contribution in [0.4, 0.5) is 10.3 Å². The average Bonchev–Trinajstić information content (AvgIpc) is 2.31. The minimum absolute atomic E-state index is 0.0819. The second-order valence-corrected chi connectivity index (χ2v) is 5.76. The van der Waals surface area contributed by atoms with Crippen LogP contribution in [0, 0.1) is 12.7 Å². The van der Waals surface area contributed by atoms with Crippen LogP contribution >= 0.6 is 11.6 Å². The molecule has 19 heavy (non-hydrogen) atoms. The topological polar surface area (TPSA) is 72.0 Å². The number of anilines is 1. The summed E-state index contributed by atoms with van der Waals surface area (Å²) in [7, 11) is -4.03. The predicted molar refractivity (Wildman–Crippen MR) is 69.0 cm³/mol. The van der Waals surface area contributed by atoms with Gasteiger partial charge in [-0.2, -0.15) is 0 Å². The van der Waals surface area contributed by atoms with E-state index in [4.69, 9.17) is 11.6 Å². The number of hydrogen-bond acceptors (Lipinski definition) is 4. The molecule has 2 rings (SSSR count). The summed E-state index contributed by atoms with van der Waals surface area (Å²) in [6.45, 7) is 1.69. The highest BCUT2D eigenvalue weighted by molar-refractivity contribution is 7.92. The second kappa shape index (κ2) is 5.10. The number of nitrogens with one attached hydrogen (secondary N) is 1. The molecule has 1 aromatic carbocycles. The predicted octanol–water partition coefficient (Wildman–Crippen LogP) is 2.38. The Balaban J connectivity index is 2.40. The van der Waals surface area contributed by atoms with E-state index in [2.05, 4.69) is 14.7 Å². The van der Waals surface area contributed by atoms with E-state index in [1.807, 2.05) is 0 Å². The third-order valence-corrected chi connectivity index (χ3v) is 4.01. The lowest BCUT2D eigenvalue weighted by molar-refractivity contribution is 0.595. The number of sulfonamides is 1. The van der Waals surface area contributed by atoms with Crippen LogP contribution in [0.5, 0.6) is 0 Å². The van der Waals surface area contributed by atoms with Crippen molar-refractivity contribution in [3.05, 3.63) is 47.0 Å². The third kappa shape index (κ3) is 3.18. The van der Waals surface area contributed by atoms with E-state index in [0.717, 1.165) is 12.1 Å². The Kier molecular flexibility index (Phi) is 3.68. The molecule has 0 aliphatic rings. The van der Waals surface area contributed by atoms with Crippen LogP contribution in [0.2, 0.25) is 5.02 Å². The van der Waals surface area contributed by atoms with E-state index in [0.29, 0.717) is 5.69 Å². The number of nitrogens with zero attached hydrogens (tertiary/aromatic N) is 2. The van der Waals surface area contributed by atoms with Crippen molar-refractivity contribution in [3.63, 3.8) is 0 Å². The number of rotatable bonds is 3. The SMILES string of the molecule is Cc1ccnc(NS(=O)(=O)c2cc(F)ccc2Cl)n1. The van der Waals surface area contributed by atoms with Gasteiger partial charge in [-0.15, -0.1) is 0 Å². The van der Waals surface area contributed by atoms with E-state index in [-0.39, 0.29) is 15.9 Å². The molecule has 0 aliphatic carbocycles. The minimum Gasteiger partial charge on any atom is -0.247 e. The molecule has 0 unspecified atom stereocenters. The lowest BCUT2D eigenvalue weighted by Gasteiger charge is -2.08. The molecule has 0 aliphatic heterocycles. The first-order valence-electron chi connectivity index (χ1n) is 5.16. The molecule has 1 aromatic heterocycles. The number of halogens is 2. The van der Waals surface area contributed by atoms with Crippen molar-refractivity contribution < 1.29 is 12.8 Å². The Hall–Kier alpha value is -1.73. The summed E-state index contributed by atoms with van der Waals surface area (Å²) >= 11 is 5.75. The van der Waals surface area contributed by atoms with Crippen LogP contribution in [0.15, 0.2) is 35.4 Å². The van der Waals surface area contributed by atoms with Gasteiger partial charge in [0.2, 0.25) is 5.95 Å². The van der Waals surface area contributed by atoms with Gasteiger partial charge in [0.15, 0.2) is 0 Å². The molecule has 0 saturated heterocycles. The third-order valence-electron chi connectivity index (χ3n) is 2.20. The van der Waals surface area contributed by atoms with Crippen molar-refractivity contribution in [1.29, 1.82) is 0 Å². The normalized spacial score (nSPS) is 11.3. The summed E-state index contributed by atoms with van der Waals surface area (Å²) in [5.74, 6) is -0.796. The lowest BCUT2D eigenvalue weighted by Crippen LogP contribution is -2.16. The molecular formula is C11H9ClFN3O2S. The Morgan fingerprint density at radius 1 is 1.32 bits per heavy atom. The summed E-state index contributed by atoms with van der Waals surface area (Å²) in [6, 6.07) is 4.69. The van der Waals surface area contributed by atoms with Crippen LogP contribution in [0.1, 0.15) is 5.69 Å². The van der Waals surface area contributed by atoms with Crippen LogP contribution in [-0.2, 0) is 10.0 Å². The second-order valence-electron chi connectivity index (χ2n) is 3.70. The highest BCUT2D eigenvalue weighted by Gasteiger charge is 2.20. The average molecular weight is 302 g/mol. The molecule has 1 heterocycles. The van der Waals surface area contributed by atoms with Crippen LogP contribution in [0.25, 0.3) is 0 Å². The van der Waals surface area contributed by atoms with Gasteiger partial charge in [0.25, 0.3) is 10.0 Å². The van der Waals surface area contributed by atoms with Crippen molar-refractivity contribution in [3.8, 4) is 0 Å². The van der Waals surface area contributed by atoms with Crippen molar-refractivity contribution in [2.24, 2.45) is 0 Å². The summed E-state index contributed by atoms with van der Waals surface area (Å²) in [4.78, 5) is 7.30. The number of aryl methyl sites for hydroxylation is 1. The zero-order valence-electron chi connectivity index (χ0n) is 9.76. The lowest BCUT2D eigenvalue weighted by atomic mass is 10.3. The first kappa shape index (κ1) is 13.7. The van der Waals surface area contributed by atoms with Gasteiger partial charge in [-0.1, -0.05) is 11.6 Å². The Morgan fingerprint density at radius 2 is 2.05 bits per heavy atom. The Labute approximate surface area is 114 Å². The Morgan fingerprint density at radius 3 is 2.74 bits per heavy atom. The van der Waals surface area contributed by atoms with Gasteiger partial charge in [-0.05, 0) is 31.2 Å². The van der Waals surface area contributed by atoms with E-state index in [9.17, 15) is 12.8 Å². The van der Waals surface area contributed by atoms with Gasteiger partial charge < -0.3 is 0 Å². The van der Waals surface area contributed by atoms with Crippen molar-refractivity contribution in [2.45, 2.75) is 11.8 Å². The molecule has 8 heteroatoms. The van der Waals surface area contributed by atoms with E-state index < -0.39 is 15.8 Å². The van der Waals surface area contributed by atoms with Crippen LogP contribution in [-0.4, -0.2) is 18.4 Å². The van der Waals surface area contributed by atoms with Crippen LogP contribution < -0.4 is 4.72 Å². The van der Waals surface area contributed by atoms with Gasteiger partial charge in [0, 0.05) is 11.9 Å². The fourth-order valence-electron chi connectivity index (χ4n) is 1.36. The number of aromatic nitrogens is 2. The summed E-state index contributed by atoms with van der Waals surface area (Å²) in [6.07, 6.45) is 1.41. The van der Waals surface area contributed by atoms with Crippen molar-refractivity contribution in [1.82, 2.24) is 9.97 Å². The van der Waals surface area contributed by atoms with E-state index in [1.54, 1.807) is 13.0 Å². The van der Waals surface area contributed by atoms with Gasteiger partial charge in [-0.25, -0.2) is 27.5 Å². The monoisotopic (exact) mass is 301 g/mol. The molecule has 2 aromatic rings. The van der Waals surface area contributed by atoms with Gasteiger partial charge in [0.1, 0.15) is 10.7 Å². The Bertz CT molecular complexity index is 722. The van der Waals surface area contributed by atoms with Gasteiger partial charge in [0.05, 0.1) is 5.02 Å². The fourth-order valence-corrected chi connectivity index (χ4v) is 2.82. The van der Waals surface area contributed by atoms with Crippen LogP contribution in [0.3, 0.4) is 0 Å². The molecule has 1 N–H and O–H groups in total. The van der Waals surface area contributed by atoms with Crippen molar-refractivity contribution >= 4 is 27.6 Å². The maximum absolute atomic E-state index is 13.1. The van der Waals surface area contributed by atoms with E-state index in [1.165, 1.54) is 12.3 Å². The molecule has 100 valence electrons. The summed E-state index contributed by atoms with van der Waals surface area (Å²) in [5, 5.41) is -0.0819. The molecular weight excluding hydrogens is 293 g/mol. The van der Waals surface area contributed by atoms with E-state index >= 15 is 0 Å². The standard InChI is InChI=1S/C11H9ClFN3O2S/c1-7-4-5-14-11(15-7)16-19(17,18)10-6-8(13)2-3-9(10)12/h2-6H,1H3,(H,14,15,16). The quantitative estimate of drug-likeness (QED) is 0.945. The molecule has 0 amide bonds. The molecule has 5 nitrogen and oxygen atoms in total. The molecule has 0 bridgehead atoms. The zero-order chi connectivity index (χ0) is 14.0. The zero-order valence-corrected chi connectivity index (χ0v) is 11.3. The molecule has 0 spiro atoms. The summed E-state index contributed by atoms with van der Waals surface area (Å²) in [5.41, 5.74) is 0.595. The fraction of sp³-hybridized carbons (Fsp3) is 0.0909. The minimum atomic E-state index is -4.03. The molecule has 0 radical (unpaired) electrons. The maximum Gasteiger partial charge on any atom is 0.265 e. The largest absolute Gasteiger partial charge is 0.265 e. The van der Waals surface area contributed by atoms with Crippen molar-refractivity contribution in [2.75, 3.05) is 4.72 Å². The summed E-state index contributed by atoms with van der Waals surface area (Å²) < 4.78 is 39.3. The number of hydrogen-bond donors (Lipinski definition) is 1. The highest BCUT2D eigenvalue weighted by Crippen LogP contribution is 2.23. The van der Waals surface area contributed by atoms with Gasteiger partial charge >= 0.3 is 0 Å². The highest BCUT2D eigenvalue weighted by atomic mass is 35.5. The smallest absolute Gasteiger partial charge is 0.247 e.